The maximum absolute atomic E-state index is 8.60. The Morgan fingerprint density at radius 3 is 2.80 bits per heavy atom. The summed E-state index contributed by atoms with van der Waals surface area (Å²) < 4.78 is 6.53. The maximum Gasteiger partial charge on any atom is 0.119 e. The Balaban J connectivity index is 2.47. The summed E-state index contributed by atoms with van der Waals surface area (Å²) in [4.78, 5) is 0. The molecule has 0 saturated carbocycles. The van der Waals surface area contributed by atoms with Crippen molar-refractivity contribution >= 4 is 15.9 Å². The average Bonchev–Trinajstić information content (AvgIpc) is 2.26. The van der Waals surface area contributed by atoms with Crippen LogP contribution in [0.3, 0.4) is 0 Å². The van der Waals surface area contributed by atoms with Gasteiger partial charge in [0.1, 0.15) is 5.75 Å². The highest BCUT2D eigenvalue weighted by molar-refractivity contribution is 9.10. The summed E-state index contributed by atoms with van der Waals surface area (Å²) in [6, 6.07) is 5.77. The highest BCUT2D eigenvalue weighted by Gasteiger charge is 2.00. The molecule has 0 saturated heterocycles. The van der Waals surface area contributed by atoms with Crippen LogP contribution in [0.15, 0.2) is 22.7 Å². The van der Waals surface area contributed by atoms with Gasteiger partial charge in [0.25, 0.3) is 0 Å². The number of hydrogen-bond acceptors (Lipinski definition) is 3. The number of aliphatic hydroxyl groups excluding tert-OH is 1. The second-order valence-electron chi connectivity index (χ2n) is 3.24. The predicted molar refractivity (Wildman–Crippen MR) is 63.8 cm³/mol. The van der Waals surface area contributed by atoms with Gasteiger partial charge in [-0.25, -0.2) is 0 Å². The molecule has 0 atom stereocenters. The van der Waals surface area contributed by atoms with Crippen molar-refractivity contribution in [3.63, 3.8) is 0 Å². The smallest absolute Gasteiger partial charge is 0.119 e. The molecular formula is C11H16BrNO2. The van der Waals surface area contributed by atoms with Crippen LogP contribution in [-0.2, 0) is 6.54 Å². The van der Waals surface area contributed by atoms with Crippen LogP contribution in [0.5, 0.6) is 5.75 Å². The Morgan fingerprint density at radius 1 is 1.33 bits per heavy atom. The largest absolute Gasteiger partial charge is 0.494 e. The Kier molecular flexibility index (Phi) is 5.68. The van der Waals surface area contributed by atoms with Crippen LogP contribution in [0.1, 0.15) is 18.4 Å². The van der Waals surface area contributed by atoms with Crippen LogP contribution in [0, 0.1) is 0 Å². The fourth-order valence-electron chi connectivity index (χ4n) is 1.20. The molecule has 0 radical (unpaired) electrons. The van der Waals surface area contributed by atoms with Crippen LogP contribution in [-0.4, -0.2) is 18.3 Å². The van der Waals surface area contributed by atoms with Crippen molar-refractivity contribution in [2.24, 2.45) is 5.73 Å². The minimum atomic E-state index is 0.220. The molecule has 0 spiro atoms. The minimum absolute atomic E-state index is 0.220. The van der Waals surface area contributed by atoms with E-state index < -0.39 is 0 Å². The molecule has 1 rings (SSSR count). The molecule has 0 aromatic heterocycles. The Bertz CT molecular complexity index is 305. The lowest BCUT2D eigenvalue weighted by atomic mass is 10.2. The molecule has 0 aliphatic rings. The van der Waals surface area contributed by atoms with Gasteiger partial charge in [0.05, 0.1) is 6.61 Å². The average molecular weight is 274 g/mol. The number of benzene rings is 1. The van der Waals surface area contributed by atoms with Gasteiger partial charge in [-0.15, -0.1) is 0 Å². The van der Waals surface area contributed by atoms with Crippen LogP contribution in [0.2, 0.25) is 0 Å². The molecule has 84 valence electrons. The lowest BCUT2D eigenvalue weighted by Gasteiger charge is -2.08. The standard InChI is InChI=1S/C11H16BrNO2/c12-11-4-3-10(7-9(11)8-13)15-6-2-1-5-14/h3-4,7,14H,1-2,5-6,8,13H2. The molecule has 0 aliphatic heterocycles. The van der Waals surface area contributed by atoms with Gasteiger partial charge in [-0.2, -0.15) is 0 Å². The first-order chi connectivity index (χ1) is 7.27. The van der Waals surface area contributed by atoms with Crippen molar-refractivity contribution < 1.29 is 9.84 Å². The zero-order valence-corrected chi connectivity index (χ0v) is 10.2. The lowest BCUT2D eigenvalue weighted by molar-refractivity contribution is 0.253. The van der Waals surface area contributed by atoms with E-state index in [4.69, 9.17) is 15.6 Å². The fraction of sp³-hybridized carbons (Fsp3) is 0.455. The molecule has 1 aromatic carbocycles. The monoisotopic (exact) mass is 273 g/mol. The minimum Gasteiger partial charge on any atom is -0.494 e. The summed E-state index contributed by atoms with van der Waals surface area (Å²) in [6.07, 6.45) is 1.64. The van der Waals surface area contributed by atoms with Crippen LogP contribution in [0.4, 0.5) is 0 Å². The van der Waals surface area contributed by atoms with Crippen LogP contribution in [0.25, 0.3) is 0 Å². The first-order valence-corrected chi connectivity index (χ1v) is 5.79. The van der Waals surface area contributed by atoms with E-state index >= 15 is 0 Å². The number of ether oxygens (including phenoxy) is 1. The molecule has 3 nitrogen and oxygen atoms in total. The van der Waals surface area contributed by atoms with Gasteiger partial charge >= 0.3 is 0 Å². The summed E-state index contributed by atoms with van der Waals surface area (Å²) >= 11 is 3.42. The molecule has 0 heterocycles. The SMILES string of the molecule is NCc1cc(OCCCCO)ccc1Br. The van der Waals surface area contributed by atoms with E-state index in [1.165, 1.54) is 0 Å². The van der Waals surface area contributed by atoms with Crippen molar-refractivity contribution in [2.45, 2.75) is 19.4 Å². The Morgan fingerprint density at radius 2 is 2.13 bits per heavy atom. The molecule has 0 fully saturated rings. The van der Waals surface area contributed by atoms with Crippen LogP contribution < -0.4 is 10.5 Å². The van der Waals surface area contributed by atoms with Gasteiger partial charge in [-0.1, -0.05) is 15.9 Å². The third-order valence-corrected chi connectivity index (χ3v) is 2.83. The van der Waals surface area contributed by atoms with Gasteiger partial charge in [0, 0.05) is 17.6 Å². The van der Waals surface area contributed by atoms with E-state index in [1.807, 2.05) is 18.2 Å². The third kappa shape index (κ3) is 4.20. The maximum atomic E-state index is 8.60. The molecule has 15 heavy (non-hydrogen) atoms. The molecule has 0 bridgehead atoms. The van der Waals surface area contributed by atoms with E-state index in [0.29, 0.717) is 13.2 Å². The van der Waals surface area contributed by atoms with E-state index in [9.17, 15) is 0 Å². The zero-order valence-electron chi connectivity index (χ0n) is 8.58. The number of rotatable bonds is 6. The van der Waals surface area contributed by atoms with Gasteiger partial charge in [0.15, 0.2) is 0 Å². The summed E-state index contributed by atoms with van der Waals surface area (Å²) in [5.74, 6) is 0.830. The molecule has 0 aliphatic carbocycles. The number of nitrogens with two attached hydrogens (primary N) is 1. The van der Waals surface area contributed by atoms with Crippen LogP contribution >= 0.6 is 15.9 Å². The molecular weight excluding hydrogens is 258 g/mol. The summed E-state index contributed by atoms with van der Waals surface area (Å²) in [6.45, 7) is 1.35. The van der Waals surface area contributed by atoms with E-state index in [2.05, 4.69) is 15.9 Å². The predicted octanol–water partition coefficient (Wildman–Crippen LogP) is 2.06. The first kappa shape index (κ1) is 12.5. The summed E-state index contributed by atoms with van der Waals surface area (Å²) in [5, 5.41) is 8.60. The molecule has 1 aromatic rings. The number of unbranched alkanes of at least 4 members (excludes halogenated alkanes) is 1. The molecule has 3 N–H and O–H groups in total. The highest BCUT2D eigenvalue weighted by atomic mass is 79.9. The molecule has 0 amide bonds. The second kappa shape index (κ2) is 6.82. The van der Waals surface area contributed by atoms with Gasteiger partial charge < -0.3 is 15.6 Å². The van der Waals surface area contributed by atoms with Crippen molar-refractivity contribution in [2.75, 3.05) is 13.2 Å². The summed E-state index contributed by atoms with van der Waals surface area (Å²) in [5.41, 5.74) is 6.61. The molecule has 0 unspecified atom stereocenters. The normalized spacial score (nSPS) is 10.3. The number of halogens is 1. The number of hydrogen-bond donors (Lipinski definition) is 2. The Labute approximate surface area is 98.4 Å². The van der Waals surface area contributed by atoms with Gasteiger partial charge in [0.2, 0.25) is 0 Å². The Hall–Kier alpha value is -0.580. The van der Waals surface area contributed by atoms with Crippen molar-refractivity contribution in [3.05, 3.63) is 28.2 Å². The second-order valence-corrected chi connectivity index (χ2v) is 4.09. The number of aliphatic hydroxyl groups is 1. The van der Waals surface area contributed by atoms with Crippen molar-refractivity contribution in [3.8, 4) is 5.75 Å². The molecule has 4 heteroatoms. The van der Waals surface area contributed by atoms with E-state index in [1.54, 1.807) is 0 Å². The van der Waals surface area contributed by atoms with Gasteiger partial charge in [-0.3, -0.25) is 0 Å². The third-order valence-electron chi connectivity index (χ3n) is 2.06. The first-order valence-electron chi connectivity index (χ1n) is 5.00. The van der Waals surface area contributed by atoms with E-state index in [-0.39, 0.29) is 6.61 Å². The quantitative estimate of drug-likeness (QED) is 0.781. The van der Waals surface area contributed by atoms with Crippen molar-refractivity contribution in [1.82, 2.24) is 0 Å². The topological polar surface area (TPSA) is 55.5 Å². The van der Waals surface area contributed by atoms with Gasteiger partial charge in [-0.05, 0) is 36.6 Å². The lowest BCUT2D eigenvalue weighted by Crippen LogP contribution is -2.01. The summed E-state index contributed by atoms with van der Waals surface area (Å²) in [7, 11) is 0. The highest BCUT2D eigenvalue weighted by Crippen LogP contribution is 2.22. The van der Waals surface area contributed by atoms with E-state index in [0.717, 1.165) is 28.6 Å². The van der Waals surface area contributed by atoms with Crippen molar-refractivity contribution in [1.29, 1.82) is 0 Å². The zero-order chi connectivity index (χ0) is 11.1. The fourth-order valence-corrected chi connectivity index (χ4v) is 1.61.